The Bertz CT molecular complexity index is 571. The number of aliphatic hydroxyl groups excluding tert-OH is 1. The predicted octanol–water partition coefficient (Wildman–Crippen LogP) is 3.03. The SMILES string of the molecule is Cc1nn(C)c(Cn2ccc(C(O)C(C)C)c2)c1Br. The molecule has 2 aromatic heterocycles. The van der Waals surface area contributed by atoms with Crippen molar-refractivity contribution >= 4 is 15.9 Å². The zero-order valence-corrected chi connectivity index (χ0v) is 13.3. The van der Waals surface area contributed by atoms with Crippen LogP contribution in [0.1, 0.15) is 36.9 Å². The van der Waals surface area contributed by atoms with Crippen molar-refractivity contribution in [3.05, 3.63) is 39.9 Å². The van der Waals surface area contributed by atoms with E-state index in [4.69, 9.17) is 0 Å². The van der Waals surface area contributed by atoms with Gasteiger partial charge in [0, 0.05) is 19.4 Å². The molecule has 0 saturated carbocycles. The van der Waals surface area contributed by atoms with Gasteiger partial charge < -0.3 is 9.67 Å². The van der Waals surface area contributed by atoms with E-state index in [1.165, 1.54) is 0 Å². The molecule has 2 rings (SSSR count). The van der Waals surface area contributed by atoms with Gasteiger partial charge in [-0.1, -0.05) is 13.8 Å². The highest BCUT2D eigenvalue weighted by Crippen LogP contribution is 2.24. The normalized spacial score (nSPS) is 13.2. The fraction of sp³-hybridized carbons (Fsp3) is 0.500. The van der Waals surface area contributed by atoms with Crippen molar-refractivity contribution in [2.24, 2.45) is 13.0 Å². The van der Waals surface area contributed by atoms with Crippen LogP contribution >= 0.6 is 15.9 Å². The fourth-order valence-electron chi connectivity index (χ4n) is 2.14. The molecule has 2 heterocycles. The molecule has 0 aromatic carbocycles. The van der Waals surface area contributed by atoms with Gasteiger partial charge in [-0.05, 0) is 40.4 Å². The van der Waals surface area contributed by atoms with Gasteiger partial charge in [0.1, 0.15) is 0 Å². The smallest absolute Gasteiger partial charge is 0.0827 e. The van der Waals surface area contributed by atoms with E-state index in [1.54, 1.807) is 0 Å². The quantitative estimate of drug-likeness (QED) is 0.938. The summed E-state index contributed by atoms with van der Waals surface area (Å²) in [5.41, 5.74) is 3.08. The largest absolute Gasteiger partial charge is 0.388 e. The molecule has 4 nitrogen and oxygen atoms in total. The third-order valence-corrected chi connectivity index (χ3v) is 4.37. The van der Waals surface area contributed by atoms with E-state index >= 15 is 0 Å². The molecule has 5 heteroatoms. The van der Waals surface area contributed by atoms with Gasteiger partial charge in [-0.25, -0.2) is 0 Å². The Balaban J connectivity index is 2.20. The first-order valence-electron chi connectivity index (χ1n) is 6.42. The van der Waals surface area contributed by atoms with Crippen LogP contribution in [0.5, 0.6) is 0 Å². The second-order valence-electron chi connectivity index (χ2n) is 5.28. The van der Waals surface area contributed by atoms with Gasteiger partial charge in [-0.15, -0.1) is 0 Å². The first kappa shape index (κ1) is 14.3. The maximum Gasteiger partial charge on any atom is 0.0827 e. The van der Waals surface area contributed by atoms with E-state index in [0.29, 0.717) is 0 Å². The Morgan fingerprint density at radius 1 is 1.42 bits per heavy atom. The van der Waals surface area contributed by atoms with Crippen LogP contribution in [0, 0.1) is 12.8 Å². The maximum atomic E-state index is 10.1. The van der Waals surface area contributed by atoms with Crippen molar-refractivity contribution < 1.29 is 5.11 Å². The van der Waals surface area contributed by atoms with Crippen molar-refractivity contribution in [3.8, 4) is 0 Å². The third-order valence-electron chi connectivity index (χ3n) is 3.34. The van der Waals surface area contributed by atoms with Crippen LogP contribution in [-0.4, -0.2) is 19.5 Å². The van der Waals surface area contributed by atoms with Gasteiger partial charge in [0.05, 0.1) is 28.5 Å². The molecule has 1 unspecified atom stereocenters. The highest BCUT2D eigenvalue weighted by Gasteiger charge is 2.15. The van der Waals surface area contributed by atoms with Crippen LogP contribution in [0.2, 0.25) is 0 Å². The molecule has 0 bridgehead atoms. The molecule has 1 N–H and O–H groups in total. The average molecular weight is 326 g/mol. The van der Waals surface area contributed by atoms with E-state index in [-0.39, 0.29) is 5.92 Å². The topological polar surface area (TPSA) is 43.0 Å². The summed E-state index contributed by atoms with van der Waals surface area (Å²) in [6.45, 7) is 6.76. The molecule has 0 fully saturated rings. The van der Waals surface area contributed by atoms with Crippen LogP contribution in [0.25, 0.3) is 0 Å². The summed E-state index contributed by atoms with van der Waals surface area (Å²) in [5.74, 6) is 0.224. The zero-order chi connectivity index (χ0) is 14.2. The Labute approximate surface area is 122 Å². The Morgan fingerprint density at radius 3 is 2.63 bits per heavy atom. The summed E-state index contributed by atoms with van der Waals surface area (Å²) < 4.78 is 5.01. The highest BCUT2D eigenvalue weighted by atomic mass is 79.9. The van der Waals surface area contributed by atoms with Gasteiger partial charge in [0.25, 0.3) is 0 Å². The summed E-state index contributed by atoms with van der Waals surface area (Å²) in [5, 5.41) is 14.4. The minimum atomic E-state index is -0.405. The van der Waals surface area contributed by atoms with E-state index in [9.17, 15) is 5.11 Å². The summed E-state index contributed by atoms with van der Waals surface area (Å²) in [7, 11) is 1.94. The lowest BCUT2D eigenvalue weighted by Gasteiger charge is -2.12. The lowest BCUT2D eigenvalue weighted by atomic mass is 10.0. The third kappa shape index (κ3) is 2.92. The van der Waals surface area contributed by atoms with Crippen molar-refractivity contribution in [1.82, 2.24) is 14.3 Å². The molecule has 0 radical (unpaired) electrons. The Hall–Kier alpha value is -1.07. The standard InChI is InChI=1S/C14H20BrN3O/c1-9(2)14(19)11-5-6-18(7-11)8-12-13(15)10(3)16-17(12)4/h5-7,9,14,19H,8H2,1-4H3. The van der Waals surface area contributed by atoms with Crippen LogP contribution in [0.4, 0.5) is 0 Å². The summed E-state index contributed by atoms with van der Waals surface area (Å²) >= 11 is 3.57. The number of halogens is 1. The second kappa shape index (κ2) is 5.51. The van der Waals surface area contributed by atoms with Crippen LogP contribution < -0.4 is 0 Å². The molecule has 0 aliphatic carbocycles. The molecule has 19 heavy (non-hydrogen) atoms. The first-order valence-corrected chi connectivity index (χ1v) is 7.21. The fourth-order valence-corrected chi connectivity index (χ4v) is 2.60. The molecule has 0 aliphatic heterocycles. The molecule has 0 saturated heterocycles. The summed E-state index contributed by atoms with van der Waals surface area (Å²) in [6.07, 6.45) is 3.59. The van der Waals surface area contributed by atoms with Gasteiger partial charge in [-0.3, -0.25) is 4.68 Å². The molecular weight excluding hydrogens is 306 g/mol. The number of hydrogen-bond acceptors (Lipinski definition) is 2. The monoisotopic (exact) mass is 325 g/mol. The zero-order valence-electron chi connectivity index (χ0n) is 11.8. The van der Waals surface area contributed by atoms with E-state index in [0.717, 1.165) is 28.0 Å². The Kier molecular flexibility index (Phi) is 4.16. The molecule has 0 aliphatic rings. The van der Waals surface area contributed by atoms with Crippen LogP contribution in [0.15, 0.2) is 22.9 Å². The maximum absolute atomic E-state index is 10.1. The second-order valence-corrected chi connectivity index (χ2v) is 6.07. The average Bonchev–Trinajstić information content (AvgIpc) is 2.90. The van der Waals surface area contributed by atoms with Crippen molar-refractivity contribution in [3.63, 3.8) is 0 Å². The summed E-state index contributed by atoms with van der Waals surface area (Å²) in [4.78, 5) is 0. The number of nitrogens with zero attached hydrogens (tertiary/aromatic N) is 3. The number of aryl methyl sites for hydroxylation is 2. The van der Waals surface area contributed by atoms with Gasteiger partial charge >= 0.3 is 0 Å². The van der Waals surface area contributed by atoms with Crippen molar-refractivity contribution in [2.45, 2.75) is 33.4 Å². The lowest BCUT2D eigenvalue weighted by molar-refractivity contribution is 0.127. The number of hydrogen-bond donors (Lipinski definition) is 1. The van der Waals surface area contributed by atoms with Crippen LogP contribution in [0.3, 0.4) is 0 Å². The summed E-state index contributed by atoms with van der Waals surface area (Å²) in [6, 6.07) is 1.97. The van der Waals surface area contributed by atoms with Crippen LogP contribution in [-0.2, 0) is 13.6 Å². The molecular formula is C14H20BrN3O. The Morgan fingerprint density at radius 2 is 2.11 bits per heavy atom. The minimum Gasteiger partial charge on any atom is -0.388 e. The first-order chi connectivity index (χ1) is 8.90. The molecule has 0 spiro atoms. The number of aromatic nitrogens is 3. The number of rotatable bonds is 4. The molecule has 1 atom stereocenters. The highest BCUT2D eigenvalue weighted by molar-refractivity contribution is 9.10. The van der Waals surface area contributed by atoms with E-state index < -0.39 is 6.10 Å². The van der Waals surface area contributed by atoms with E-state index in [1.807, 2.05) is 51.0 Å². The van der Waals surface area contributed by atoms with Gasteiger partial charge in [0.2, 0.25) is 0 Å². The lowest BCUT2D eigenvalue weighted by Crippen LogP contribution is -2.06. The van der Waals surface area contributed by atoms with Crippen molar-refractivity contribution in [1.29, 1.82) is 0 Å². The predicted molar refractivity (Wildman–Crippen MR) is 79.0 cm³/mol. The molecule has 104 valence electrons. The molecule has 0 amide bonds. The molecule has 2 aromatic rings. The van der Waals surface area contributed by atoms with Gasteiger partial charge in [0.15, 0.2) is 0 Å². The van der Waals surface area contributed by atoms with Crippen molar-refractivity contribution in [2.75, 3.05) is 0 Å². The van der Waals surface area contributed by atoms with E-state index in [2.05, 4.69) is 25.6 Å². The number of aliphatic hydroxyl groups is 1. The minimum absolute atomic E-state index is 0.224. The van der Waals surface area contributed by atoms with Gasteiger partial charge in [-0.2, -0.15) is 5.10 Å².